The molecule has 0 heterocycles. The molecular formula is C14H20FNOS. The SMILES string of the molecule is CCC1CCC(S(=O)c2cc(N)cc(F)c2)CC1. The minimum atomic E-state index is -1.13. The van der Waals surface area contributed by atoms with Crippen LogP contribution in [0.25, 0.3) is 0 Å². The number of hydrogen-bond acceptors (Lipinski definition) is 2. The van der Waals surface area contributed by atoms with Crippen LogP contribution in [0.4, 0.5) is 10.1 Å². The lowest BCUT2D eigenvalue weighted by Crippen LogP contribution is -2.23. The van der Waals surface area contributed by atoms with E-state index in [1.165, 1.54) is 18.6 Å². The molecule has 1 aromatic rings. The van der Waals surface area contributed by atoms with E-state index in [0.717, 1.165) is 31.6 Å². The van der Waals surface area contributed by atoms with Gasteiger partial charge < -0.3 is 5.73 Å². The molecule has 1 unspecified atom stereocenters. The molecule has 1 aromatic carbocycles. The lowest BCUT2D eigenvalue weighted by Gasteiger charge is -2.27. The van der Waals surface area contributed by atoms with Crippen LogP contribution in [0.1, 0.15) is 39.0 Å². The lowest BCUT2D eigenvalue weighted by atomic mass is 9.87. The van der Waals surface area contributed by atoms with E-state index in [1.807, 2.05) is 0 Å². The molecule has 100 valence electrons. The van der Waals surface area contributed by atoms with E-state index in [9.17, 15) is 8.60 Å². The van der Waals surface area contributed by atoms with Gasteiger partial charge in [-0.15, -0.1) is 0 Å². The number of nitrogen functional groups attached to an aromatic ring is 1. The fourth-order valence-electron chi connectivity index (χ4n) is 2.65. The molecule has 1 aliphatic carbocycles. The summed E-state index contributed by atoms with van der Waals surface area (Å²) < 4.78 is 25.6. The number of benzene rings is 1. The molecule has 0 radical (unpaired) electrons. The summed E-state index contributed by atoms with van der Waals surface area (Å²) in [7, 11) is -1.13. The van der Waals surface area contributed by atoms with Crippen molar-refractivity contribution in [2.24, 2.45) is 5.92 Å². The lowest BCUT2D eigenvalue weighted by molar-refractivity contribution is 0.353. The van der Waals surface area contributed by atoms with Crippen molar-refractivity contribution in [1.29, 1.82) is 0 Å². The molecule has 1 aliphatic rings. The molecule has 0 aliphatic heterocycles. The van der Waals surface area contributed by atoms with Crippen molar-refractivity contribution < 1.29 is 8.60 Å². The third-order valence-corrected chi connectivity index (χ3v) is 5.58. The van der Waals surface area contributed by atoms with Gasteiger partial charge in [0.25, 0.3) is 0 Å². The topological polar surface area (TPSA) is 43.1 Å². The van der Waals surface area contributed by atoms with Crippen molar-refractivity contribution in [3.05, 3.63) is 24.0 Å². The Morgan fingerprint density at radius 3 is 2.50 bits per heavy atom. The zero-order chi connectivity index (χ0) is 13.1. The maximum absolute atomic E-state index is 13.3. The zero-order valence-electron chi connectivity index (χ0n) is 10.7. The Kier molecular flexibility index (Phi) is 4.38. The monoisotopic (exact) mass is 269 g/mol. The summed E-state index contributed by atoms with van der Waals surface area (Å²) >= 11 is 0. The maximum atomic E-state index is 13.3. The average Bonchev–Trinajstić information content (AvgIpc) is 2.37. The van der Waals surface area contributed by atoms with Crippen LogP contribution in [0.3, 0.4) is 0 Å². The minimum absolute atomic E-state index is 0.161. The van der Waals surface area contributed by atoms with Gasteiger partial charge in [0.05, 0.1) is 10.8 Å². The highest BCUT2D eigenvalue weighted by atomic mass is 32.2. The first-order valence-electron chi connectivity index (χ1n) is 6.56. The molecule has 4 heteroatoms. The Labute approximate surface area is 110 Å². The third-order valence-electron chi connectivity index (χ3n) is 3.80. The Bertz CT molecular complexity index is 421. The van der Waals surface area contributed by atoms with Crippen LogP contribution >= 0.6 is 0 Å². The smallest absolute Gasteiger partial charge is 0.126 e. The van der Waals surface area contributed by atoms with Crippen LogP contribution < -0.4 is 5.73 Å². The second kappa shape index (κ2) is 5.83. The van der Waals surface area contributed by atoms with Gasteiger partial charge in [0.2, 0.25) is 0 Å². The van der Waals surface area contributed by atoms with Crippen molar-refractivity contribution in [2.75, 3.05) is 5.73 Å². The summed E-state index contributed by atoms with van der Waals surface area (Å²) in [6, 6.07) is 4.23. The molecule has 0 saturated heterocycles. The Hall–Kier alpha value is -0.900. The van der Waals surface area contributed by atoms with E-state index in [0.29, 0.717) is 10.6 Å². The Morgan fingerprint density at radius 1 is 1.28 bits per heavy atom. The standard InChI is InChI=1S/C14H20FNOS/c1-2-10-3-5-13(6-4-10)18(17)14-8-11(15)7-12(16)9-14/h7-10,13H,2-6,16H2,1H3. The van der Waals surface area contributed by atoms with E-state index < -0.39 is 16.6 Å². The van der Waals surface area contributed by atoms with Crippen molar-refractivity contribution in [3.63, 3.8) is 0 Å². The Balaban J connectivity index is 2.07. The molecule has 1 fully saturated rings. The fraction of sp³-hybridized carbons (Fsp3) is 0.571. The van der Waals surface area contributed by atoms with E-state index in [-0.39, 0.29) is 5.25 Å². The van der Waals surface area contributed by atoms with Crippen LogP contribution in [0.15, 0.2) is 23.1 Å². The second-order valence-electron chi connectivity index (χ2n) is 5.07. The molecule has 1 saturated carbocycles. The number of rotatable bonds is 3. The van der Waals surface area contributed by atoms with Gasteiger partial charge >= 0.3 is 0 Å². The van der Waals surface area contributed by atoms with Gasteiger partial charge in [0, 0.05) is 15.8 Å². The molecule has 2 nitrogen and oxygen atoms in total. The van der Waals surface area contributed by atoms with E-state index in [1.54, 1.807) is 6.07 Å². The van der Waals surface area contributed by atoms with Gasteiger partial charge in [-0.1, -0.05) is 13.3 Å². The molecule has 0 bridgehead atoms. The summed E-state index contributed by atoms with van der Waals surface area (Å²) in [6.07, 6.45) is 5.42. The summed E-state index contributed by atoms with van der Waals surface area (Å²) in [5.74, 6) is 0.372. The molecule has 0 aromatic heterocycles. The second-order valence-corrected chi connectivity index (χ2v) is 6.80. The van der Waals surface area contributed by atoms with Crippen LogP contribution in [0.2, 0.25) is 0 Å². The highest BCUT2D eigenvalue weighted by Crippen LogP contribution is 2.31. The number of halogens is 1. The summed E-state index contributed by atoms with van der Waals surface area (Å²) in [4.78, 5) is 0.535. The fourth-order valence-corrected chi connectivity index (χ4v) is 4.21. The summed E-state index contributed by atoms with van der Waals surface area (Å²) in [5.41, 5.74) is 5.94. The molecule has 2 N–H and O–H groups in total. The zero-order valence-corrected chi connectivity index (χ0v) is 11.5. The Morgan fingerprint density at radius 2 is 1.94 bits per heavy atom. The molecule has 1 atom stereocenters. The van der Waals surface area contributed by atoms with Crippen molar-refractivity contribution in [3.8, 4) is 0 Å². The van der Waals surface area contributed by atoms with Gasteiger partial charge in [-0.2, -0.15) is 0 Å². The average molecular weight is 269 g/mol. The van der Waals surface area contributed by atoms with Gasteiger partial charge in [-0.05, 0) is 49.8 Å². The van der Waals surface area contributed by atoms with E-state index >= 15 is 0 Å². The third kappa shape index (κ3) is 3.10. The van der Waals surface area contributed by atoms with Crippen LogP contribution in [-0.2, 0) is 10.8 Å². The first kappa shape index (κ1) is 13.5. The minimum Gasteiger partial charge on any atom is -0.399 e. The number of anilines is 1. The predicted octanol–water partition coefficient (Wildman–Crippen LogP) is 3.48. The summed E-state index contributed by atoms with van der Waals surface area (Å²) in [5, 5.41) is 0.161. The maximum Gasteiger partial charge on any atom is 0.126 e. The highest BCUT2D eigenvalue weighted by molar-refractivity contribution is 7.85. The normalized spacial score (nSPS) is 25.9. The highest BCUT2D eigenvalue weighted by Gasteiger charge is 2.25. The largest absolute Gasteiger partial charge is 0.399 e. The summed E-state index contributed by atoms with van der Waals surface area (Å²) in [6.45, 7) is 2.20. The number of nitrogens with two attached hydrogens (primary N) is 1. The van der Waals surface area contributed by atoms with Gasteiger partial charge in [0.1, 0.15) is 5.82 Å². The van der Waals surface area contributed by atoms with Gasteiger partial charge in [-0.25, -0.2) is 4.39 Å². The molecule has 0 amide bonds. The van der Waals surface area contributed by atoms with Crippen LogP contribution in [0, 0.1) is 11.7 Å². The van der Waals surface area contributed by atoms with Crippen molar-refractivity contribution in [1.82, 2.24) is 0 Å². The molecule has 2 rings (SSSR count). The quantitative estimate of drug-likeness (QED) is 0.854. The predicted molar refractivity (Wildman–Crippen MR) is 73.3 cm³/mol. The van der Waals surface area contributed by atoms with E-state index in [2.05, 4.69) is 6.92 Å². The van der Waals surface area contributed by atoms with Crippen LogP contribution in [0.5, 0.6) is 0 Å². The van der Waals surface area contributed by atoms with Gasteiger partial charge in [-0.3, -0.25) is 4.21 Å². The first-order chi connectivity index (χ1) is 8.60. The van der Waals surface area contributed by atoms with Crippen molar-refractivity contribution >= 4 is 16.5 Å². The van der Waals surface area contributed by atoms with Gasteiger partial charge in [0.15, 0.2) is 0 Å². The molecular weight excluding hydrogens is 249 g/mol. The number of hydrogen-bond donors (Lipinski definition) is 1. The van der Waals surface area contributed by atoms with Crippen LogP contribution in [-0.4, -0.2) is 9.46 Å². The van der Waals surface area contributed by atoms with Crippen molar-refractivity contribution in [2.45, 2.75) is 49.2 Å². The molecule has 0 spiro atoms. The first-order valence-corrected chi connectivity index (χ1v) is 7.78. The van der Waals surface area contributed by atoms with E-state index in [4.69, 9.17) is 5.73 Å². The molecule has 18 heavy (non-hydrogen) atoms.